The van der Waals surface area contributed by atoms with Crippen molar-refractivity contribution in [2.24, 2.45) is 0 Å². The fourth-order valence-electron chi connectivity index (χ4n) is 3.63. The van der Waals surface area contributed by atoms with E-state index in [-0.39, 0.29) is 23.6 Å². The summed E-state index contributed by atoms with van der Waals surface area (Å²) in [5.74, 6) is -2.88. The largest absolute Gasteiger partial charge is 0.490 e. The normalized spacial score (nSPS) is 20.4. The zero-order valence-corrected chi connectivity index (χ0v) is 15.5. The van der Waals surface area contributed by atoms with Crippen molar-refractivity contribution in [3.05, 3.63) is 48.3 Å². The monoisotopic (exact) mass is 427 g/mol. The Labute approximate surface area is 168 Å². The van der Waals surface area contributed by atoms with Crippen molar-refractivity contribution in [2.45, 2.75) is 31.1 Å². The van der Waals surface area contributed by atoms with Crippen LogP contribution in [0.3, 0.4) is 0 Å². The summed E-state index contributed by atoms with van der Waals surface area (Å²) in [5.41, 5.74) is 0.0926. The summed E-state index contributed by atoms with van der Waals surface area (Å²) in [7, 11) is 0. The minimum absolute atomic E-state index is 0.0823. The molecule has 12 heteroatoms. The average molecular weight is 427 g/mol. The number of halogens is 4. The van der Waals surface area contributed by atoms with Crippen LogP contribution in [0.15, 0.2) is 36.9 Å². The van der Waals surface area contributed by atoms with Gasteiger partial charge in [0.05, 0.1) is 23.8 Å². The molecule has 8 nitrogen and oxygen atoms in total. The smallest absolute Gasteiger partial charge is 0.475 e. The van der Waals surface area contributed by atoms with Crippen molar-refractivity contribution in [3.8, 4) is 0 Å². The van der Waals surface area contributed by atoms with Gasteiger partial charge in [0.15, 0.2) is 5.82 Å². The molecule has 2 fully saturated rings. The molecule has 2 aliphatic rings. The third-order valence-electron chi connectivity index (χ3n) is 4.89. The first kappa shape index (κ1) is 21.4. The minimum Gasteiger partial charge on any atom is -0.475 e. The number of pyridine rings is 1. The molecule has 0 saturated carbocycles. The quantitative estimate of drug-likeness (QED) is 0.733. The first-order valence-electron chi connectivity index (χ1n) is 8.94. The number of carboxylic acids is 1. The predicted molar refractivity (Wildman–Crippen MR) is 95.1 cm³/mol. The summed E-state index contributed by atoms with van der Waals surface area (Å²) < 4.78 is 45.6. The molecule has 2 atom stereocenters. The number of carboxylic acid groups (broad SMARTS) is 1. The summed E-state index contributed by atoms with van der Waals surface area (Å²) in [5, 5.41) is 7.12. The second-order valence-electron chi connectivity index (χ2n) is 6.61. The number of carbonyl (C=O) groups is 2. The zero-order valence-electron chi connectivity index (χ0n) is 15.5. The molecule has 0 radical (unpaired) electrons. The number of carbonyl (C=O) groups excluding carboxylic acids is 1. The Hall–Kier alpha value is -3.31. The maximum absolute atomic E-state index is 13.8. The second kappa shape index (κ2) is 8.59. The number of aromatic nitrogens is 3. The molecular weight excluding hydrogens is 410 g/mol. The van der Waals surface area contributed by atoms with Gasteiger partial charge < -0.3 is 14.9 Å². The lowest BCUT2D eigenvalue weighted by Crippen LogP contribution is -2.40. The summed E-state index contributed by atoms with van der Waals surface area (Å²) >= 11 is 0. The number of fused-ring (bicyclic) bond motifs is 1. The Bertz CT molecular complexity index is 912. The van der Waals surface area contributed by atoms with Gasteiger partial charge in [-0.05, 0) is 25.0 Å². The van der Waals surface area contributed by atoms with Crippen molar-refractivity contribution in [3.63, 3.8) is 0 Å². The van der Waals surface area contributed by atoms with Gasteiger partial charge in [-0.2, -0.15) is 13.2 Å². The van der Waals surface area contributed by atoms with Crippen LogP contribution in [0.4, 0.5) is 23.5 Å². The van der Waals surface area contributed by atoms with Gasteiger partial charge in [0.2, 0.25) is 5.95 Å². The molecule has 1 N–H and O–H groups in total. The molecule has 1 amide bonds. The maximum Gasteiger partial charge on any atom is 0.490 e. The minimum atomic E-state index is -5.08. The van der Waals surface area contributed by atoms with Crippen LogP contribution >= 0.6 is 0 Å². The highest BCUT2D eigenvalue weighted by Crippen LogP contribution is 2.34. The lowest BCUT2D eigenvalue weighted by atomic mass is 10.1. The highest BCUT2D eigenvalue weighted by Gasteiger charge is 2.45. The molecule has 160 valence electrons. The number of anilines is 1. The lowest BCUT2D eigenvalue weighted by molar-refractivity contribution is -0.192. The van der Waals surface area contributed by atoms with E-state index >= 15 is 0 Å². The van der Waals surface area contributed by atoms with Gasteiger partial charge in [0.25, 0.3) is 5.91 Å². The number of likely N-dealkylation sites (tertiary alicyclic amines) is 1. The number of nitrogens with zero attached hydrogens (tertiary/aromatic N) is 5. The van der Waals surface area contributed by atoms with Crippen LogP contribution in [0.5, 0.6) is 0 Å². The third kappa shape index (κ3) is 4.47. The number of rotatable bonds is 2. The second-order valence-corrected chi connectivity index (χ2v) is 6.61. The standard InChI is InChI=1S/C16H16FN5O.C2HF3O2/c17-12-10-18-7-2-11(12)15(23)21-8-3-14-13(21)4-9-22(14)16-19-5-1-6-20-16;3-2(4,5)1(6)7/h1-2,5-7,10,13-14H,3-4,8-9H2;(H,6,7)/t13-,14+;/m1./s1. The maximum atomic E-state index is 13.8. The SMILES string of the molecule is O=C(O)C(F)(F)F.O=C(c1ccncc1F)N1CC[C@H]2[C@H]1CCN2c1ncccn1. The van der Waals surface area contributed by atoms with E-state index in [1.54, 1.807) is 23.4 Å². The van der Waals surface area contributed by atoms with E-state index in [0.29, 0.717) is 12.5 Å². The van der Waals surface area contributed by atoms with Crippen molar-refractivity contribution in [1.82, 2.24) is 19.9 Å². The van der Waals surface area contributed by atoms with Gasteiger partial charge in [-0.1, -0.05) is 0 Å². The highest BCUT2D eigenvalue weighted by molar-refractivity contribution is 5.95. The molecule has 4 heterocycles. The van der Waals surface area contributed by atoms with Gasteiger partial charge in [0.1, 0.15) is 0 Å². The molecule has 0 unspecified atom stereocenters. The van der Waals surface area contributed by atoms with E-state index in [1.807, 2.05) is 0 Å². The molecule has 0 aliphatic carbocycles. The summed E-state index contributed by atoms with van der Waals surface area (Å²) in [4.78, 5) is 37.8. The summed E-state index contributed by atoms with van der Waals surface area (Å²) in [6, 6.07) is 3.51. The first-order valence-corrected chi connectivity index (χ1v) is 8.94. The molecule has 4 rings (SSSR count). The predicted octanol–water partition coefficient (Wildman–Crippen LogP) is 2.14. The van der Waals surface area contributed by atoms with Gasteiger partial charge in [-0.25, -0.2) is 19.2 Å². The number of amides is 1. The number of alkyl halides is 3. The molecule has 2 saturated heterocycles. The van der Waals surface area contributed by atoms with Crippen molar-refractivity contribution < 1.29 is 32.3 Å². The number of aliphatic carboxylic acids is 1. The van der Waals surface area contributed by atoms with Crippen LogP contribution in [0.25, 0.3) is 0 Å². The van der Waals surface area contributed by atoms with Crippen LogP contribution in [0, 0.1) is 5.82 Å². The van der Waals surface area contributed by atoms with E-state index in [0.717, 1.165) is 25.6 Å². The third-order valence-corrected chi connectivity index (χ3v) is 4.89. The fourth-order valence-corrected chi connectivity index (χ4v) is 3.63. The molecule has 0 spiro atoms. The van der Waals surface area contributed by atoms with Crippen LogP contribution < -0.4 is 4.90 Å². The summed E-state index contributed by atoms with van der Waals surface area (Å²) in [6.07, 6.45) is 2.59. The Balaban J connectivity index is 0.000000318. The molecule has 0 bridgehead atoms. The Kier molecular flexibility index (Phi) is 6.13. The van der Waals surface area contributed by atoms with E-state index in [4.69, 9.17) is 9.90 Å². The summed E-state index contributed by atoms with van der Waals surface area (Å²) in [6.45, 7) is 1.43. The topological polar surface area (TPSA) is 99.5 Å². The van der Waals surface area contributed by atoms with E-state index < -0.39 is 18.0 Å². The highest BCUT2D eigenvalue weighted by atomic mass is 19.4. The van der Waals surface area contributed by atoms with Gasteiger partial charge in [-0.3, -0.25) is 9.78 Å². The first-order chi connectivity index (χ1) is 14.2. The fraction of sp³-hybridized carbons (Fsp3) is 0.389. The van der Waals surface area contributed by atoms with Crippen LogP contribution in [0.2, 0.25) is 0 Å². The zero-order chi connectivity index (χ0) is 21.9. The molecule has 2 aromatic rings. The van der Waals surface area contributed by atoms with Gasteiger partial charge in [-0.15, -0.1) is 0 Å². The Morgan fingerprint density at radius 3 is 2.30 bits per heavy atom. The van der Waals surface area contributed by atoms with Gasteiger partial charge in [0, 0.05) is 31.7 Å². The van der Waals surface area contributed by atoms with Crippen LogP contribution in [0.1, 0.15) is 23.2 Å². The molecule has 30 heavy (non-hydrogen) atoms. The van der Waals surface area contributed by atoms with E-state index in [2.05, 4.69) is 19.9 Å². The number of hydrogen-bond acceptors (Lipinski definition) is 6. The van der Waals surface area contributed by atoms with E-state index in [1.165, 1.54) is 12.3 Å². The van der Waals surface area contributed by atoms with Gasteiger partial charge >= 0.3 is 12.1 Å². The molecule has 2 aliphatic heterocycles. The lowest BCUT2D eigenvalue weighted by Gasteiger charge is -2.25. The van der Waals surface area contributed by atoms with Crippen molar-refractivity contribution >= 4 is 17.8 Å². The average Bonchev–Trinajstić information content (AvgIpc) is 3.30. The Morgan fingerprint density at radius 2 is 1.70 bits per heavy atom. The van der Waals surface area contributed by atoms with E-state index in [9.17, 15) is 22.4 Å². The molecular formula is C18H17F4N5O3. The van der Waals surface area contributed by atoms with Crippen LogP contribution in [-0.2, 0) is 4.79 Å². The van der Waals surface area contributed by atoms with Crippen molar-refractivity contribution in [1.29, 1.82) is 0 Å². The molecule has 2 aromatic heterocycles. The number of hydrogen-bond donors (Lipinski definition) is 1. The molecule has 0 aromatic carbocycles. The van der Waals surface area contributed by atoms with Crippen molar-refractivity contribution in [2.75, 3.05) is 18.0 Å². The Morgan fingerprint density at radius 1 is 1.07 bits per heavy atom. The van der Waals surface area contributed by atoms with Crippen LogP contribution in [-0.4, -0.2) is 68.2 Å².